The van der Waals surface area contributed by atoms with Crippen LogP contribution in [0.5, 0.6) is 0 Å². The summed E-state index contributed by atoms with van der Waals surface area (Å²) in [5.41, 5.74) is 3.34. The molecule has 110 valence electrons. The van der Waals surface area contributed by atoms with Gasteiger partial charge in [-0.1, -0.05) is 49.8 Å². The largest absolute Gasteiger partial charge is 0.294 e. The van der Waals surface area contributed by atoms with Gasteiger partial charge in [-0.3, -0.25) is 4.79 Å². The van der Waals surface area contributed by atoms with Crippen molar-refractivity contribution < 1.29 is 4.79 Å². The molecule has 0 N–H and O–H groups in total. The van der Waals surface area contributed by atoms with Crippen LogP contribution in [0.3, 0.4) is 0 Å². The molecule has 2 heteroatoms. The molecule has 0 saturated carbocycles. The van der Waals surface area contributed by atoms with E-state index in [2.05, 4.69) is 45.2 Å². The normalized spacial score (nSPS) is 29.6. The molecule has 0 fully saturated rings. The molecule has 1 aromatic rings. The van der Waals surface area contributed by atoms with E-state index in [1.54, 1.807) is 0 Å². The van der Waals surface area contributed by atoms with Gasteiger partial charge in [-0.05, 0) is 41.6 Å². The highest BCUT2D eigenvalue weighted by Crippen LogP contribution is 2.53. The maximum absolute atomic E-state index is 13.1. The Bertz CT molecular complexity index is 651. The van der Waals surface area contributed by atoms with Crippen LogP contribution < -0.4 is 0 Å². The summed E-state index contributed by atoms with van der Waals surface area (Å²) in [6.07, 6.45) is 7.51. The van der Waals surface area contributed by atoms with E-state index >= 15 is 0 Å². The maximum Gasteiger partial charge on any atom is 0.167 e. The second-order valence-corrected chi connectivity index (χ2v) is 7.57. The lowest BCUT2D eigenvalue weighted by molar-refractivity contribution is 0.0723. The molecule has 2 aliphatic carbocycles. The Kier molecular flexibility index (Phi) is 3.61. The van der Waals surface area contributed by atoms with Crippen molar-refractivity contribution in [2.24, 2.45) is 17.3 Å². The third-order valence-corrected chi connectivity index (χ3v) is 5.96. The van der Waals surface area contributed by atoms with E-state index < -0.39 is 0 Å². The van der Waals surface area contributed by atoms with Crippen molar-refractivity contribution in [3.8, 4) is 0 Å². The molecule has 2 unspecified atom stereocenters. The first kappa shape index (κ1) is 14.6. The fourth-order valence-electron chi connectivity index (χ4n) is 4.00. The van der Waals surface area contributed by atoms with Crippen molar-refractivity contribution in [2.45, 2.75) is 27.2 Å². The van der Waals surface area contributed by atoms with Gasteiger partial charge in [-0.25, -0.2) is 0 Å². The summed E-state index contributed by atoms with van der Waals surface area (Å²) in [5.74, 6) is 0.729. The number of Topliss-reactive ketones (excluding diaryl/α,β-unsaturated/α-hetero) is 1. The quantitative estimate of drug-likeness (QED) is 0.663. The van der Waals surface area contributed by atoms with Gasteiger partial charge in [0.2, 0.25) is 0 Å². The molecule has 1 aromatic carbocycles. The van der Waals surface area contributed by atoms with E-state index in [1.807, 2.05) is 30.0 Å². The van der Waals surface area contributed by atoms with E-state index in [9.17, 15) is 4.79 Å². The minimum Gasteiger partial charge on any atom is -0.294 e. The fourth-order valence-corrected chi connectivity index (χ4v) is 4.97. The lowest BCUT2D eigenvalue weighted by atomic mass is 9.59. The van der Waals surface area contributed by atoms with Crippen molar-refractivity contribution in [2.75, 3.05) is 6.26 Å². The number of ketones is 1. The van der Waals surface area contributed by atoms with Crippen molar-refractivity contribution in [3.05, 3.63) is 51.9 Å². The van der Waals surface area contributed by atoms with E-state index in [1.165, 1.54) is 10.5 Å². The predicted molar refractivity (Wildman–Crippen MR) is 91.4 cm³/mol. The molecule has 2 aliphatic rings. The Labute approximate surface area is 131 Å². The van der Waals surface area contributed by atoms with Gasteiger partial charge in [0.15, 0.2) is 5.78 Å². The molecule has 21 heavy (non-hydrogen) atoms. The molecule has 0 aliphatic heterocycles. The third-order valence-electron chi connectivity index (χ3n) is 5.13. The van der Waals surface area contributed by atoms with Gasteiger partial charge in [-0.2, -0.15) is 0 Å². The highest BCUT2D eigenvalue weighted by atomic mass is 32.2. The van der Waals surface area contributed by atoms with Crippen LogP contribution in [0.15, 0.2) is 40.8 Å². The predicted octanol–water partition coefficient (Wildman–Crippen LogP) is 5.20. The second-order valence-electron chi connectivity index (χ2n) is 6.69. The van der Waals surface area contributed by atoms with E-state index in [4.69, 9.17) is 0 Å². The zero-order valence-electron chi connectivity index (χ0n) is 13.1. The molecular weight excluding hydrogens is 276 g/mol. The van der Waals surface area contributed by atoms with Crippen LogP contribution in [0.2, 0.25) is 0 Å². The smallest absolute Gasteiger partial charge is 0.167 e. The first-order valence-corrected chi connectivity index (χ1v) is 8.74. The van der Waals surface area contributed by atoms with Crippen LogP contribution in [-0.4, -0.2) is 12.0 Å². The van der Waals surface area contributed by atoms with Crippen LogP contribution in [0.4, 0.5) is 0 Å². The summed E-state index contributed by atoms with van der Waals surface area (Å²) in [5, 5.41) is 0. The number of fused-ring (bicyclic) bond motifs is 3. The molecule has 0 heterocycles. The van der Waals surface area contributed by atoms with Crippen molar-refractivity contribution in [1.82, 2.24) is 0 Å². The van der Waals surface area contributed by atoms with Gasteiger partial charge in [0.25, 0.3) is 0 Å². The second kappa shape index (κ2) is 5.17. The molecular formula is C19H22OS. The van der Waals surface area contributed by atoms with Crippen LogP contribution in [0.1, 0.15) is 43.1 Å². The Morgan fingerprint density at radius 3 is 2.67 bits per heavy atom. The lowest BCUT2D eigenvalue weighted by Crippen LogP contribution is -2.41. The summed E-state index contributed by atoms with van der Waals surface area (Å²) in [7, 11) is 0. The van der Waals surface area contributed by atoms with Crippen LogP contribution in [0, 0.1) is 17.3 Å². The minimum atomic E-state index is -0.0295. The fraction of sp³-hybridized carbons (Fsp3) is 0.421. The van der Waals surface area contributed by atoms with Crippen molar-refractivity contribution in [1.29, 1.82) is 0 Å². The zero-order chi connectivity index (χ0) is 15.2. The highest BCUT2D eigenvalue weighted by Gasteiger charge is 2.46. The molecule has 0 aromatic heterocycles. The Balaban J connectivity index is 2.30. The van der Waals surface area contributed by atoms with Gasteiger partial charge in [0.05, 0.1) is 0 Å². The average molecular weight is 298 g/mol. The Morgan fingerprint density at radius 1 is 1.24 bits per heavy atom. The standard InChI is InChI=1S/C19H22OS/c1-12-9-10-15-18(20)14-8-6-5-7-13(14)11-16(21-4)17(12)19(15,2)3/h5-9,11,15,17H,10H2,1-4H3/b16-11+. The summed E-state index contributed by atoms with van der Waals surface area (Å²) in [6.45, 7) is 6.73. The van der Waals surface area contributed by atoms with Crippen LogP contribution >= 0.6 is 11.8 Å². The molecule has 1 nitrogen and oxygen atoms in total. The van der Waals surface area contributed by atoms with E-state index in [0.29, 0.717) is 11.7 Å². The zero-order valence-corrected chi connectivity index (χ0v) is 14.0. The number of hydrogen-bond acceptors (Lipinski definition) is 2. The van der Waals surface area contributed by atoms with E-state index in [-0.39, 0.29) is 11.3 Å². The molecule has 0 radical (unpaired) electrons. The molecule has 2 bridgehead atoms. The Morgan fingerprint density at radius 2 is 1.95 bits per heavy atom. The molecule has 0 amide bonds. The number of carbonyl (C=O) groups is 1. The number of allylic oxidation sites excluding steroid dienone is 3. The van der Waals surface area contributed by atoms with Gasteiger partial charge < -0.3 is 0 Å². The van der Waals surface area contributed by atoms with Gasteiger partial charge in [0.1, 0.15) is 0 Å². The highest BCUT2D eigenvalue weighted by molar-refractivity contribution is 8.02. The van der Waals surface area contributed by atoms with Gasteiger partial charge in [0, 0.05) is 17.4 Å². The number of benzene rings is 1. The van der Waals surface area contributed by atoms with Crippen LogP contribution in [0.25, 0.3) is 6.08 Å². The average Bonchev–Trinajstić information content (AvgIpc) is 2.44. The molecule has 2 atom stereocenters. The lowest BCUT2D eigenvalue weighted by Gasteiger charge is -2.46. The minimum absolute atomic E-state index is 0.0295. The van der Waals surface area contributed by atoms with E-state index in [0.717, 1.165) is 17.5 Å². The monoisotopic (exact) mass is 298 g/mol. The van der Waals surface area contributed by atoms with Gasteiger partial charge >= 0.3 is 0 Å². The Hall–Kier alpha value is -1.28. The summed E-state index contributed by atoms with van der Waals surface area (Å²) in [4.78, 5) is 14.4. The topological polar surface area (TPSA) is 17.1 Å². The number of hydrogen-bond donors (Lipinski definition) is 0. The maximum atomic E-state index is 13.1. The summed E-state index contributed by atoms with van der Waals surface area (Å²) in [6, 6.07) is 8.04. The van der Waals surface area contributed by atoms with Gasteiger partial charge in [-0.15, -0.1) is 11.8 Å². The molecule has 0 spiro atoms. The van der Waals surface area contributed by atoms with Crippen molar-refractivity contribution in [3.63, 3.8) is 0 Å². The van der Waals surface area contributed by atoms with Crippen LogP contribution in [-0.2, 0) is 0 Å². The van der Waals surface area contributed by atoms with Crippen molar-refractivity contribution >= 4 is 23.6 Å². The summed E-state index contributed by atoms with van der Waals surface area (Å²) >= 11 is 1.82. The third kappa shape index (κ3) is 2.20. The summed E-state index contributed by atoms with van der Waals surface area (Å²) < 4.78 is 0. The number of rotatable bonds is 1. The first-order chi connectivity index (χ1) is 9.96. The molecule has 3 rings (SSSR count). The first-order valence-electron chi connectivity index (χ1n) is 7.52. The molecule has 0 saturated heterocycles. The number of carbonyl (C=O) groups excluding carboxylic acids is 1. The number of thioether (sulfide) groups is 1. The SMILES string of the molecule is CS/C1=C/c2ccccc2C(=O)C2CC=C(C)C1C2(C)C.